The molecule has 2 rings (SSSR count). The zero-order valence-electron chi connectivity index (χ0n) is 14.1. The van der Waals surface area contributed by atoms with E-state index in [1.807, 2.05) is 0 Å². The van der Waals surface area contributed by atoms with Crippen LogP contribution >= 0.6 is 23.2 Å². The van der Waals surface area contributed by atoms with Crippen molar-refractivity contribution in [3.05, 3.63) is 63.6 Å². The van der Waals surface area contributed by atoms with Gasteiger partial charge in [-0.15, -0.1) is 0 Å². The predicted molar refractivity (Wildman–Crippen MR) is 96.6 cm³/mol. The van der Waals surface area contributed by atoms with Crippen LogP contribution in [0.3, 0.4) is 0 Å². The SMILES string of the molecule is C[C@@H](C(=O)Nc1cc(Cl)cc(Cl)c1)[NH+](C)Cc1ccc(C(F)(F)F)cc1. The zero-order valence-corrected chi connectivity index (χ0v) is 15.6. The van der Waals surface area contributed by atoms with Gasteiger partial charge >= 0.3 is 6.18 Å². The van der Waals surface area contributed by atoms with Gasteiger partial charge in [0, 0.05) is 21.3 Å². The molecular weight excluding hydrogens is 388 g/mol. The second kappa shape index (κ2) is 8.29. The summed E-state index contributed by atoms with van der Waals surface area (Å²) in [5.41, 5.74) is 0.505. The Morgan fingerprint density at radius 2 is 1.65 bits per heavy atom. The van der Waals surface area contributed by atoms with Gasteiger partial charge in [0.1, 0.15) is 6.54 Å². The topological polar surface area (TPSA) is 33.5 Å². The zero-order chi connectivity index (χ0) is 19.5. The minimum Gasteiger partial charge on any atom is -0.324 e. The minimum atomic E-state index is -4.36. The Kier molecular flexibility index (Phi) is 6.55. The molecule has 0 heterocycles. The van der Waals surface area contributed by atoms with Crippen LogP contribution in [0.1, 0.15) is 18.1 Å². The summed E-state index contributed by atoms with van der Waals surface area (Å²) < 4.78 is 37.8. The van der Waals surface area contributed by atoms with Crippen LogP contribution in [0.2, 0.25) is 10.0 Å². The number of amides is 1. The van der Waals surface area contributed by atoms with Crippen LogP contribution in [0.15, 0.2) is 42.5 Å². The monoisotopic (exact) mass is 405 g/mol. The van der Waals surface area contributed by atoms with Crippen molar-refractivity contribution in [1.82, 2.24) is 0 Å². The summed E-state index contributed by atoms with van der Waals surface area (Å²) in [4.78, 5) is 13.2. The molecule has 0 saturated carbocycles. The van der Waals surface area contributed by atoms with Gasteiger partial charge in [0.05, 0.1) is 12.6 Å². The van der Waals surface area contributed by atoms with Crippen molar-refractivity contribution in [1.29, 1.82) is 0 Å². The van der Waals surface area contributed by atoms with Gasteiger partial charge in [-0.3, -0.25) is 4.79 Å². The molecule has 2 aromatic carbocycles. The normalized spacial score (nSPS) is 14.0. The number of likely N-dealkylation sites (N-methyl/N-ethyl adjacent to an activating group) is 1. The van der Waals surface area contributed by atoms with Gasteiger partial charge < -0.3 is 10.2 Å². The molecule has 0 radical (unpaired) electrons. The molecule has 140 valence electrons. The Balaban J connectivity index is 1.99. The summed E-state index contributed by atoms with van der Waals surface area (Å²) in [6.07, 6.45) is -4.36. The predicted octanol–water partition coefficient (Wildman–Crippen LogP) is 4.05. The van der Waals surface area contributed by atoms with Crippen LogP contribution in [0.5, 0.6) is 0 Å². The molecule has 1 amide bonds. The van der Waals surface area contributed by atoms with E-state index in [4.69, 9.17) is 23.2 Å². The number of quaternary nitrogens is 1. The molecule has 2 atom stereocenters. The third-order valence-corrected chi connectivity index (χ3v) is 4.46. The maximum absolute atomic E-state index is 12.6. The fourth-order valence-electron chi connectivity index (χ4n) is 2.39. The highest BCUT2D eigenvalue weighted by molar-refractivity contribution is 6.35. The molecule has 0 fully saturated rings. The molecule has 2 aromatic rings. The first kappa shape index (κ1) is 20.6. The molecule has 26 heavy (non-hydrogen) atoms. The summed E-state index contributed by atoms with van der Waals surface area (Å²) in [6.45, 7) is 2.14. The number of carbonyl (C=O) groups excluding carboxylic acids is 1. The van der Waals surface area contributed by atoms with Gasteiger partial charge in [0.25, 0.3) is 5.91 Å². The van der Waals surface area contributed by atoms with Crippen LogP contribution in [-0.2, 0) is 17.5 Å². The molecule has 0 saturated heterocycles. The van der Waals surface area contributed by atoms with E-state index in [0.717, 1.165) is 17.0 Å². The van der Waals surface area contributed by atoms with Crippen LogP contribution in [0.4, 0.5) is 18.9 Å². The number of benzene rings is 2. The molecule has 0 bridgehead atoms. The number of rotatable bonds is 5. The van der Waals surface area contributed by atoms with Crippen LogP contribution in [0, 0.1) is 0 Å². The number of halogens is 5. The maximum Gasteiger partial charge on any atom is 0.416 e. The van der Waals surface area contributed by atoms with Gasteiger partial charge in [-0.05, 0) is 37.3 Å². The van der Waals surface area contributed by atoms with E-state index in [0.29, 0.717) is 27.8 Å². The Morgan fingerprint density at radius 1 is 1.12 bits per heavy atom. The summed E-state index contributed by atoms with van der Waals surface area (Å²) in [5.74, 6) is -0.243. The van der Waals surface area contributed by atoms with E-state index in [1.165, 1.54) is 12.1 Å². The number of anilines is 1. The second-order valence-corrected chi connectivity index (χ2v) is 6.96. The van der Waals surface area contributed by atoms with Crippen molar-refractivity contribution in [3.63, 3.8) is 0 Å². The molecule has 1 unspecified atom stereocenters. The highest BCUT2D eigenvalue weighted by Crippen LogP contribution is 2.29. The van der Waals surface area contributed by atoms with E-state index < -0.39 is 17.8 Å². The third-order valence-electron chi connectivity index (χ3n) is 4.03. The summed E-state index contributed by atoms with van der Waals surface area (Å²) >= 11 is 11.8. The van der Waals surface area contributed by atoms with E-state index in [9.17, 15) is 18.0 Å². The largest absolute Gasteiger partial charge is 0.416 e. The van der Waals surface area contributed by atoms with Crippen LogP contribution in [0.25, 0.3) is 0 Å². The Hall–Kier alpha value is -1.76. The first-order chi connectivity index (χ1) is 12.1. The van der Waals surface area contributed by atoms with Gasteiger partial charge in [-0.2, -0.15) is 13.2 Å². The Bertz CT molecular complexity index is 759. The van der Waals surface area contributed by atoms with Gasteiger partial charge in [-0.1, -0.05) is 35.3 Å². The summed E-state index contributed by atoms with van der Waals surface area (Å²) in [7, 11) is 1.80. The van der Waals surface area contributed by atoms with Crippen molar-refractivity contribution in [2.45, 2.75) is 25.7 Å². The lowest BCUT2D eigenvalue weighted by atomic mass is 10.1. The van der Waals surface area contributed by atoms with Crippen LogP contribution < -0.4 is 10.2 Å². The number of nitrogens with one attached hydrogen (secondary N) is 2. The number of carbonyl (C=O) groups is 1. The fraction of sp³-hybridized carbons (Fsp3) is 0.278. The van der Waals surface area contributed by atoms with Crippen molar-refractivity contribution >= 4 is 34.8 Å². The quantitative estimate of drug-likeness (QED) is 0.772. The molecule has 0 aliphatic carbocycles. The van der Waals surface area contributed by atoms with Crippen LogP contribution in [-0.4, -0.2) is 19.0 Å². The average molecular weight is 406 g/mol. The van der Waals surface area contributed by atoms with E-state index in [1.54, 1.807) is 32.2 Å². The summed E-state index contributed by atoms with van der Waals surface area (Å²) in [6, 6.07) is 9.23. The van der Waals surface area contributed by atoms with Gasteiger partial charge in [0.2, 0.25) is 0 Å². The highest BCUT2D eigenvalue weighted by atomic mass is 35.5. The Morgan fingerprint density at radius 3 is 2.15 bits per heavy atom. The third kappa shape index (κ3) is 5.62. The molecule has 3 nitrogen and oxygen atoms in total. The smallest absolute Gasteiger partial charge is 0.324 e. The first-order valence-electron chi connectivity index (χ1n) is 7.81. The lowest BCUT2D eigenvalue weighted by molar-refractivity contribution is -0.907. The molecule has 8 heteroatoms. The lowest BCUT2D eigenvalue weighted by Gasteiger charge is -2.21. The highest BCUT2D eigenvalue weighted by Gasteiger charge is 2.30. The summed E-state index contributed by atoms with van der Waals surface area (Å²) in [5, 5.41) is 3.56. The molecule has 0 spiro atoms. The van der Waals surface area contributed by atoms with E-state index in [2.05, 4.69) is 5.32 Å². The number of hydrogen-bond donors (Lipinski definition) is 2. The van der Waals surface area contributed by atoms with Crippen molar-refractivity contribution < 1.29 is 22.9 Å². The molecule has 2 N–H and O–H groups in total. The fourth-order valence-corrected chi connectivity index (χ4v) is 2.91. The molecular formula is C18H18Cl2F3N2O+. The Labute approximate surface area is 159 Å². The maximum atomic E-state index is 12.6. The molecule has 0 aromatic heterocycles. The minimum absolute atomic E-state index is 0.243. The van der Waals surface area contributed by atoms with Crippen molar-refractivity contribution in [3.8, 4) is 0 Å². The lowest BCUT2D eigenvalue weighted by Crippen LogP contribution is -3.12. The number of hydrogen-bond acceptors (Lipinski definition) is 1. The van der Waals surface area contributed by atoms with Gasteiger partial charge in [0.15, 0.2) is 6.04 Å². The van der Waals surface area contributed by atoms with Crippen molar-refractivity contribution in [2.24, 2.45) is 0 Å². The van der Waals surface area contributed by atoms with Crippen molar-refractivity contribution in [2.75, 3.05) is 12.4 Å². The van der Waals surface area contributed by atoms with E-state index in [-0.39, 0.29) is 5.91 Å². The molecule has 0 aliphatic rings. The average Bonchev–Trinajstić information content (AvgIpc) is 2.52. The standard InChI is InChI=1S/C18H17Cl2F3N2O/c1-11(17(26)24-16-8-14(19)7-15(20)9-16)25(2)10-12-3-5-13(6-4-12)18(21,22)23/h3-9,11H,10H2,1-2H3,(H,24,26)/p+1/t11-/m0/s1. The first-order valence-corrected chi connectivity index (χ1v) is 8.57. The second-order valence-electron chi connectivity index (χ2n) is 6.09. The van der Waals surface area contributed by atoms with E-state index >= 15 is 0 Å². The van der Waals surface area contributed by atoms with Gasteiger partial charge in [-0.25, -0.2) is 0 Å². The number of alkyl halides is 3. The molecule has 0 aliphatic heterocycles.